The van der Waals surface area contributed by atoms with Crippen LogP contribution >= 0.6 is 49.7 Å². The van der Waals surface area contributed by atoms with Gasteiger partial charge in [-0.1, -0.05) is 75.8 Å². The molecule has 24 heavy (non-hydrogen) atoms. The van der Waals surface area contributed by atoms with E-state index < -0.39 is 0 Å². The van der Waals surface area contributed by atoms with Gasteiger partial charge in [0.1, 0.15) is 8.64 Å². The number of thiol groups is 2. The Morgan fingerprint density at radius 1 is 0.583 bits per heavy atom. The van der Waals surface area contributed by atoms with Gasteiger partial charge < -0.3 is 9.80 Å². The third kappa shape index (κ3) is 13.7. The lowest BCUT2D eigenvalue weighted by Crippen LogP contribution is -2.26. The second-order valence-electron chi connectivity index (χ2n) is 6.26. The molecule has 6 heteroatoms. The highest BCUT2D eigenvalue weighted by Gasteiger charge is 2.03. The molecule has 0 rings (SSSR count). The first-order valence-corrected chi connectivity index (χ1v) is 11.2. The van der Waals surface area contributed by atoms with Crippen LogP contribution in [0.15, 0.2) is 0 Å². The molecule has 0 aromatic carbocycles. The normalized spacial score (nSPS) is 10.7. The Hall–Kier alpha value is 0.480. The third-order valence-corrected chi connectivity index (χ3v) is 5.49. The first-order valence-electron chi connectivity index (χ1n) is 9.48. The molecule has 0 aromatic rings. The van der Waals surface area contributed by atoms with E-state index in [4.69, 9.17) is 24.4 Å². The Morgan fingerprint density at radius 3 is 1.04 bits per heavy atom. The van der Waals surface area contributed by atoms with Crippen LogP contribution in [0.3, 0.4) is 0 Å². The summed E-state index contributed by atoms with van der Waals surface area (Å²) in [6.07, 6.45) is 13.3. The van der Waals surface area contributed by atoms with Crippen molar-refractivity contribution in [3.8, 4) is 0 Å². The molecule has 0 unspecified atom stereocenters. The minimum Gasteiger partial charge on any atom is -0.358 e. The van der Waals surface area contributed by atoms with Gasteiger partial charge in [0, 0.05) is 26.2 Å². The van der Waals surface area contributed by atoms with Crippen LogP contribution < -0.4 is 0 Å². The van der Waals surface area contributed by atoms with Crippen LogP contribution in [-0.2, 0) is 0 Å². The molecule has 0 saturated heterocycles. The molecule has 0 spiro atoms. The minimum absolute atomic E-state index is 0.732. The lowest BCUT2D eigenvalue weighted by molar-refractivity contribution is 0.425. The Bertz CT molecular complexity index is 305. The lowest BCUT2D eigenvalue weighted by Gasteiger charge is -2.20. The number of thiocarbonyl (C=S) groups is 2. The highest BCUT2D eigenvalue weighted by Crippen LogP contribution is 2.12. The number of rotatable bonds is 15. The number of unbranched alkanes of at least 4 members (excludes halogenated alkanes) is 9. The zero-order valence-electron chi connectivity index (χ0n) is 15.5. The maximum absolute atomic E-state index is 5.11. The number of hydrogen-bond donors (Lipinski definition) is 2. The van der Waals surface area contributed by atoms with Crippen LogP contribution in [0.25, 0.3) is 0 Å². The molecule has 0 aliphatic carbocycles. The zero-order valence-corrected chi connectivity index (χ0v) is 18.9. The van der Waals surface area contributed by atoms with Crippen molar-refractivity contribution in [2.45, 2.75) is 78.1 Å². The first-order chi connectivity index (χ1) is 11.5. The van der Waals surface area contributed by atoms with Crippen LogP contribution in [0, 0.1) is 0 Å². The summed E-state index contributed by atoms with van der Waals surface area (Å²) in [6.45, 7) is 8.33. The summed E-state index contributed by atoms with van der Waals surface area (Å²) in [4.78, 5) is 4.33. The van der Waals surface area contributed by atoms with E-state index in [0.29, 0.717) is 0 Å². The fourth-order valence-corrected chi connectivity index (χ4v) is 3.72. The molecule has 0 saturated carbocycles. The first kappa shape index (κ1) is 24.5. The average molecular weight is 409 g/mol. The van der Waals surface area contributed by atoms with Crippen molar-refractivity contribution < 1.29 is 0 Å². The average Bonchev–Trinajstić information content (AvgIpc) is 2.54. The van der Waals surface area contributed by atoms with E-state index >= 15 is 0 Å². The Kier molecular flexibility index (Phi) is 17.3. The van der Waals surface area contributed by atoms with Crippen molar-refractivity contribution in [3.63, 3.8) is 0 Å². The number of nitrogens with zero attached hydrogens (tertiary/aromatic N) is 2. The molecular formula is C18H36N2S4. The molecule has 0 radical (unpaired) electrons. The van der Waals surface area contributed by atoms with Gasteiger partial charge in [0.2, 0.25) is 0 Å². The standard InChI is InChI=1S/C18H36N2S4/c1-3-19(17(21)22)15-13-11-9-7-5-6-8-10-12-14-16-20(4-2)18(23)24/h3-16H2,1-2H3,(H,21,22)(H,23,24). The summed E-state index contributed by atoms with van der Waals surface area (Å²) in [5.41, 5.74) is 0. The summed E-state index contributed by atoms with van der Waals surface area (Å²) in [7, 11) is 0. The van der Waals surface area contributed by atoms with Crippen LogP contribution in [-0.4, -0.2) is 44.6 Å². The SMILES string of the molecule is CCN(CCCCCCCCCCCCN(CC)C(=S)S)C(=S)S. The third-order valence-electron chi connectivity index (χ3n) is 4.41. The largest absolute Gasteiger partial charge is 0.358 e. The molecule has 0 heterocycles. The van der Waals surface area contributed by atoms with E-state index in [9.17, 15) is 0 Å². The van der Waals surface area contributed by atoms with Crippen molar-refractivity contribution in [2.24, 2.45) is 0 Å². The topological polar surface area (TPSA) is 6.48 Å². The smallest absolute Gasteiger partial charge is 0.133 e. The monoisotopic (exact) mass is 408 g/mol. The van der Waals surface area contributed by atoms with Gasteiger partial charge in [-0.2, -0.15) is 0 Å². The molecule has 0 fully saturated rings. The van der Waals surface area contributed by atoms with E-state index in [2.05, 4.69) is 48.9 Å². The highest BCUT2D eigenvalue weighted by atomic mass is 32.1. The van der Waals surface area contributed by atoms with Crippen molar-refractivity contribution in [1.29, 1.82) is 0 Å². The van der Waals surface area contributed by atoms with Gasteiger partial charge in [0.25, 0.3) is 0 Å². The molecule has 2 nitrogen and oxygen atoms in total. The van der Waals surface area contributed by atoms with Crippen LogP contribution in [0.2, 0.25) is 0 Å². The fraction of sp³-hybridized carbons (Fsp3) is 0.889. The van der Waals surface area contributed by atoms with Crippen molar-refractivity contribution >= 4 is 58.3 Å². The summed E-state index contributed by atoms with van der Waals surface area (Å²) in [6, 6.07) is 0. The molecule has 0 aliphatic rings. The van der Waals surface area contributed by atoms with E-state index in [1.165, 1.54) is 64.2 Å². The van der Waals surface area contributed by atoms with Gasteiger partial charge in [-0.3, -0.25) is 0 Å². The maximum atomic E-state index is 5.11. The molecule has 142 valence electrons. The molecular weight excluding hydrogens is 372 g/mol. The van der Waals surface area contributed by atoms with Crippen molar-refractivity contribution in [2.75, 3.05) is 26.2 Å². The quantitative estimate of drug-likeness (QED) is 0.196. The molecule has 0 N–H and O–H groups in total. The van der Waals surface area contributed by atoms with Crippen LogP contribution in [0.5, 0.6) is 0 Å². The Morgan fingerprint density at radius 2 is 0.833 bits per heavy atom. The minimum atomic E-state index is 0.732. The maximum Gasteiger partial charge on any atom is 0.133 e. The highest BCUT2D eigenvalue weighted by molar-refractivity contribution is 8.11. The molecule has 0 aliphatic heterocycles. The fourth-order valence-electron chi connectivity index (χ4n) is 2.80. The molecule has 0 amide bonds. The predicted molar refractivity (Wildman–Crippen MR) is 124 cm³/mol. The zero-order chi connectivity index (χ0) is 18.2. The van der Waals surface area contributed by atoms with Gasteiger partial charge in [0.15, 0.2) is 0 Å². The van der Waals surface area contributed by atoms with Gasteiger partial charge >= 0.3 is 0 Å². The lowest BCUT2D eigenvalue weighted by atomic mass is 10.1. The summed E-state index contributed by atoms with van der Waals surface area (Å²) in [5, 5.41) is 0. The molecule has 0 bridgehead atoms. The summed E-state index contributed by atoms with van der Waals surface area (Å²) < 4.78 is 1.46. The van der Waals surface area contributed by atoms with E-state index in [-0.39, 0.29) is 0 Å². The predicted octanol–water partition coefficient (Wildman–Crippen LogP) is 5.96. The Labute approximate surface area is 171 Å². The van der Waals surface area contributed by atoms with Gasteiger partial charge in [0.05, 0.1) is 0 Å². The molecule has 0 aromatic heterocycles. The number of hydrogen-bond acceptors (Lipinski definition) is 2. The van der Waals surface area contributed by atoms with Gasteiger partial charge in [-0.15, -0.1) is 25.3 Å². The molecule has 0 atom stereocenters. The van der Waals surface area contributed by atoms with Crippen LogP contribution in [0.4, 0.5) is 0 Å². The van der Waals surface area contributed by atoms with Crippen molar-refractivity contribution in [1.82, 2.24) is 9.80 Å². The summed E-state index contributed by atoms with van der Waals surface area (Å²) in [5.74, 6) is 0. The Balaban J connectivity index is 3.31. The van der Waals surface area contributed by atoms with Crippen molar-refractivity contribution in [3.05, 3.63) is 0 Å². The van der Waals surface area contributed by atoms with E-state index in [0.717, 1.165) is 34.8 Å². The van der Waals surface area contributed by atoms with Crippen LogP contribution in [0.1, 0.15) is 78.1 Å². The van der Waals surface area contributed by atoms with Gasteiger partial charge in [-0.05, 0) is 26.7 Å². The second kappa shape index (κ2) is 16.9. The van der Waals surface area contributed by atoms with E-state index in [1.807, 2.05) is 0 Å². The summed E-state index contributed by atoms with van der Waals surface area (Å²) >= 11 is 18.7. The second-order valence-corrected chi connectivity index (χ2v) is 8.49. The van der Waals surface area contributed by atoms with E-state index in [1.54, 1.807) is 0 Å². The van der Waals surface area contributed by atoms with Gasteiger partial charge in [-0.25, -0.2) is 0 Å².